The summed E-state index contributed by atoms with van der Waals surface area (Å²) < 4.78 is 0. The first-order valence-corrected chi connectivity index (χ1v) is 13.2. The molecule has 3 aromatic rings. The molecule has 203 valence electrons. The molecule has 0 amide bonds. The van der Waals surface area contributed by atoms with Gasteiger partial charge in [-0.25, -0.2) is 0 Å². The van der Waals surface area contributed by atoms with E-state index in [4.69, 9.17) is 4.98 Å². The normalized spacial score (nSPS) is 12.2. The van der Waals surface area contributed by atoms with E-state index < -0.39 is 0 Å². The van der Waals surface area contributed by atoms with Gasteiger partial charge >= 0.3 is 0 Å². The minimum Gasteiger partial charge on any atom is -0.512 e. The zero-order valence-corrected chi connectivity index (χ0v) is 25.0. The van der Waals surface area contributed by atoms with Crippen LogP contribution in [-0.4, -0.2) is 15.9 Å². The Morgan fingerprint density at radius 2 is 1.62 bits per heavy atom. The molecule has 1 radical (unpaired) electrons. The molecule has 1 aliphatic rings. The monoisotopic (exact) mass is 679 g/mol. The van der Waals surface area contributed by atoms with Gasteiger partial charge < -0.3 is 10.1 Å². The van der Waals surface area contributed by atoms with Crippen molar-refractivity contribution in [3.63, 3.8) is 0 Å². The Morgan fingerprint density at radius 1 is 1.00 bits per heavy atom. The Bertz CT molecular complexity index is 1180. The molecule has 0 aliphatic heterocycles. The number of allylic oxidation sites excluding steroid dienone is 2. The first-order chi connectivity index (χ1) is 16.8. The Kier molecular flexibility index (Phi) is 13.4. The maximum atomic E-state index is 11.7. The van der Waals surface area contributed by atoms with E-state index in [2.05, 4.69) is 56.4 Å². The third-order valence-electron chi connectivity index (χ3n) is 7.23. The van der Waals surface area contributed by atoms with Crippen LogP contribution in [0.2, 0.25) is 0 Å². The fourth-order valence-corrected chi connectivity index (χ4v) is 5.14. The SMILES string of the molecule is C.CCC(CC)C(=O)C=C(O)C(CC)CC.Cc1[c-]c(-c2ncc3c4c(cccc24)CC3)cc(C)c1.[Ir]. The number of hydrogen-bond acceptors (Lipinski definition) is 3. The van der Waals surface area contributed by atoms with Crippen molar-refractivity contribution in [3.05, 3.63) is 76.7 Å². The molecule has 0 spiro atoms. The summed E-state index contributed by atoms with van der Waals surface area (Å²) in [6.45, 7) is 12.3. The summed E-state index contributed by atoms with van der Waals surface area (Å²) in [5.41, 5.74) is 7.47. The maximum Gasteiger partial charge on any atom is 0.162 e. The Balaban J connectivity index is 0.000000368. The standard InChI is InChI=1S/C19H16N.C13H24O2.CH4.Ir/c1-12-8-13(2)10-16(9-12)19-17-5-3-4-14-6-7-15(11-20-19)18(14)17;1-5-10(6-2)12(14)9-13(15)11(7-3)8-4;;/h3-5,8-9,11H,6-7H2,1-2H3;9-11,14H,5-8H2,1-4H3;1H4;/q-1;;;. The van der Waals surface area contributed by atoms with Crippen LogP contribution in [-0.2, 0) is 37.7 Å². The number of aliphatic hydroxyl groups is 1. The number of ketones is 1. The summed E-state index contributed by atoms with van der Waals surface area (Å²) in [5.74, 6) is 0.547. The number of aryl methyl sites for hydroxylation is 4. The summed E-state index contributed by atoms with van der Waals surface area (Å²) in [4.78, 5) is 16.4. The number of aliphatic hydroxyl groups excluding tert-OH is 1. The van der Waals surface area contributed by atoms with Crippen LogP contribution in [0.3, 0.4) is 0 Å². The topological polar surface area (TPSA) is 50.2 Å². The fraction of sp³-hybridized carbons (Fsp3) is 0.455. The smallest absolute Gasteiger partial charge is 0.162 e. The van der Waals surface area contributed by atoms with E-state index in [0.29, 0.717) is 0 Å². The van der Waals surface area contributed by atoms with Crippen LogP contribution < -0.4 is 0 Å². The van der Waals surface area contributed by atoms with Gasteiger partial charge in [0, 0.05) is 44.2 Å². The molecule has 4 heteroatoms. The molecule has 37 heavy (non-hydrogen) atoms. The molecular formula is C33H44IrNO2-. The molecule has 0 saturated heterocycles. The Morgan fingerprint density at radius 3 is 2.22 bits per heavy atom. The molecule has 0 saturated carbocycles. The molecule has 3 nitrogen and oxygen atoms in total. The summed E-state index contributed by atoms with van der Waals surface area (Å²) in [7, 11) is 0. The number of nitrogens with zero attached hydrogens (tertiary/aromatic N) is 1. The second kappa shape index (κ2) is 15.2. The molecule has 0 bridgehead atoms. The van der Waals surface area contributed by atoms with E-state index in [-0.39, 0.29) is 50.9 Å². The van der Waals surface area contributed by atoms with E-state index >= 15 is 0 Å². The molecule has 1 aromatic heterocycles. The molecule has 1 N–H and O–H groups in total. The van der Waals surface area contributed by atoms with Gasteiger partial charge in [-0.15, -0.1) is 34.9 Å². The number of carbonyl (C=O) groups is 1. The predicted octanol–water partition coefficient (Wildman–Crippen LogP) is 8.92. The minimum absolute atomic E-state index is 0. The second-order valence-corrected chi connectivity index (χ2v) is 9.72. The number of carbonyl (C=O) groups excluding carboxylic acids is 1. The Hall–Kier alpha value is -2.29. The first-order valence-electron chi connectivity index (χ1n) is 13.2. The van der Waals surface area contributed by atoms with Crippen molar-refractivity contribution in [3.8, 4) is 11.3 Å². The first kappa shape index (κ1) is 32.7. The van der Waals surface area contributed by atoms with Crippen molar-refractivity contribution < 1.29 is 30.0 Å². The van der Waals surface area contributed by atoms with E-state index in [1.54, 1.807) is 0 Å². The van der Waals surface area contributed by atoms with Crippen molar-refractivity contribution in [2.45, 2.75) is 87.5 Å². The van der Waals surface area contributed by atoms with Crippen molar-refractivity contribution >= 4 is 16.6 Å². The van der Waals surface area contributed by atoms with E-state index in [9.17, 15) is 9.90 Å². The number of hydrogen-bond donors (Lipinski definition) is 1. The van der Waals surface area contributed by atoms with E-state index in [0.717, 1.165) is 49.8 Å². The molecule has 0 atom stereocenters. The van der Waals surface area contributed by atoms with Gasteiger partial charge in [-0.05, 0) is 66.1 Å². The van der Waals surface area contributed by atoms with Crippen LogP contribution in [0.4, 0.5) is 0 Å². The van der Waals surface area contributed by atoms with Gasteiger partial charge in [-0.3, -0.25) is 4.79 Å². The Labute approximate surface area is 238 Å². The summed E-state index contributed by atoms with van der Waals surface area (Å²) >= 11 is 0. The molecule has 1 aliphatic carbocycles. The minimum atomic E-state index is 0. The fourth-order valence-electron chi connectivity index (χ4n) is 5.14. The van der Waals surface area contributed by atoms with Crippen molar-refractivity contribution in [2.24, 2.45) is 11.8 Å². The van der Waals surface area contributed by atoms with Crippen LogP contribution in [0.25, 0.3) is 22.0 Å². The van der Waals surface area contributed by atoms with Crippen LogP contribution in [0.1, 0.15) is 83.1 Å². The number of rotatable bonds is 8. The van der Waals surface area contributed by atoms with Gasteiger partial charge in [0.2, 0.25) is 0 Å². The van der Waals surface area contributed by atoms with E-state index in [1.165, 1.54) is 39.1 Å². The zero-order valence-electron chi connectivity index (χ0n) is 22.6. The van der Waals surface area contributed by atoms with Gasteiger partial charge in [0.1, 0.15) is 0 Å². The van der Waals surface area contributed by atoms with Crippen LogP contribution in [0, 0.1) is 31.7 Å². The van der Waals surface area contributed by atoms with Gasteiger partial charge in [-0.1, -0.05) is 67.2 Å². The molecule has 4 rings (SSSR count). The third kappa shape index (κ3) is 7.85. The van der Waals surface area contributed by atoms with Crippen LogP contribution in [0.5, 0.6) is 0 Å². The zero-order chi connectivity index (χ0) is 25.5. The average Bonchev–Trinajstić information content (AvgIpc) is 3.25. The molecular weight excluding hydrogens is 635 g/mol. The van der Waals surface area contributed by atoms with Crippen LogP contribution >= 0.6 is 0 Å². The number of benzene rings is 2. The number of pyridine rings is 1. The largest absolute Gasteiger partial charge is 0.512 e. The summed E-state index contributed by atoms with van der Waals surface area (Å²) in [5, 5.41) is 12.5. The van der Waals surface area contributed by atoms with E-state index in [1.807, 2.05) is 27.7 Å². The van der Waals surface area contributed by atoms with Crippen molar-refractivity contribution in [1.82, 2.24) is 4.98 Å². The molecule has 1 heterocycles. The molecule has 0 unspecified atom stereocenters. The van der Waals surface area contributed by atoms with Gasteiger partial charge in [0.15, 0.2) is 5.78 Å². The van der Waals surface area contributed by atoms with Gasteiger partial charge in [0.25, 0.3) is 0 Å². The van der Waals surface area contributed by atoms with Crippen molar-refractivity contribution in [2.75, 3.05) is 0 Å². The maximum absolute atomic E-state index is 11.7. The van der Waals surface area contributed by atoms with Crippen molar-refractivity contribution in [1.29, 1.82) is 0 Å². The molecule has 0 fully saturated rings. The number of aromatic nitrogens is 1. The predicted molar refractivity (Wildman–Crippen MR) is 153 cm³/mol. The average molecular weight is 679 g/mol. The quantitative estimate of drug-likeness (QED) is 0.147. The van der Waals surface area contributed by atoms with Gasteiger partial charge in [-0.2, -0.15) is 0 Å². The van der Waals surface area contributed by atoms with Gasteiger partial charge in [0.05, 0.1) is 5.76 Å². The summed E-state index contributed by atoms with van der Waals surface area (Å²) in [6.07, 6.45) is 9.23. The third-order valence-corrected chi connectivity index (χ3v) is 7.23. The second-order valence-electron chi connectivity index (χ2n) is 9.72. The summed E-state index contributed by atoms with van der Waals surface area (Å²) in [6, 6.07) is 14.4. The molecule has 2 aromatic carbocycles. The van der Waals surface area contributed by atoms with Crippen LogP contribution in [0.15, 0.2) is 48.4 Å².